The molecule has 1 aliphatic heterocycles. The van der Waals surface area contributed by atoms with Gasteiger partial charge in [0.25, 0.3) is 5.91 Å². The van der Waals surface area contributed by atoms with Crippen molar-refractivity contribution in [2.45, 2.75) is 19.9 Å². The lowest BCUT2D eigenvalue weighted by molar-refractivity contribution is 0.0951. The molecule has 1 aliphatic rings. The molecule has 0 spiro atoms. The first-order chi connectivity index (χ1) is 10.6. The molecular weight excluding hydrogens is 362 g/mol. The second-order valence-electron chi connectivity index (χ2n) is 5.17. The summed E-state index contributed by atoms with van der Waals surface area (Å²) in [6.45, 7) is 3.49. The van der Waals surface area contributed by atoms with Crippen molar-refractivity contribution in [1.82, 2.24) is 5.32 Å². The number of anilines is 1. The molecule has 1 amide bonds. The van der Waals surface area contributed by atoms with Crippen molar-refractivity contribution in [2.24, 2.45) is 5.10 Å². The van der Waals surface area contributed by atoms with Crippen molar-refractivity contribution in [3.63, 3.8) is 0 Å². The van der Waals surface area contributed by atoms with E-state index in [1.165, 1.54) is 0 Å². The number of carbonyl (C=O) groups excluding carboxylic acids is 1. The topological polar surface area (TPSA) is 44.7 Å². The molecule has 0 fully saturated rings. The van der Waals surface area contributed by atoms with Gasteiger partial charge in [0.2, 0.25) is 0 Å². The van der Waals surface area contributed by atoms with Gasteiger partial charge < -0.3 is 5.32 Å². The van der Waals surface area contributed by atoms with E-state index in [4.69, 9.17) is 0 Å². The Kier molecular flexibility index (Phi) is 4.59. The molecule has 22 heavy (non-hydrogen) atoms. The highest BCUT2D eigenvalue weighted by Gasteiger charge is 2.13. The van der Waals surface area contributed by atoms with Gasteiger partial charge in [0, 0.05) is 39.0 Å². The number of rotatable bonds is 4. The third-order valence-electron chi connectivity index (χ3n) is 3.45. The Bertz CT molecular complexity index is 708. The summed E-state index contributed by atoms with van der Waals surface area (Å²) >= 11 is 5.03. The SMILES string of the molecule is CC1=NN(c2ccc(C(=O)NCc3cc(Br)cs3)cc2)CC1. The van der Waals surface area contributed by atoms with Crippen molar-refractivity contribution in [1.29, 1.82) is 0 Å². The molecule has 0 saturated heterocycles. The first kappa shape index (κ1) is 15.2. The Morgan fingerprint density at radius 3 is 2.77 bits per heavy atom. The fourth-order valence-electron chi connectivity index (χ4n) is 2.26. The molecule has 1 aromatic carbocycles. The van der Waals surface area contributed by atoms with Crippen LogP contribution >= 0.6 is 27.3 Å². The van der Waals surface area contributed by atoms with E-state index in [2.05, 4.69) is 26.3 Å². The second-order valence-corrected chi connectivity index (χ2v) is 7.08. The van der Waals surface area contributed by atoms with E-state index < -0.39 is 0 Å². The summed E-state index contributed by atoms with van der Waals surface area (Å²) < 4.78 is 1.05. The molecule has 3 rings (SSSR count). The highest BCUT2D eigenvalue weighted by atomic mass is 79.9. The molecule has 0 unspecified atom stereocenters. The molecule has 0 saturated carbocycles. The first-order valence-electron chi connectivity index (χ1n) is 7.04. The predicted molar refractivity (Wildman–Crippen MR) is 94.7 cm³/mol. The highest BCUT2D eigenvalue weighted by Crippen LogP contribution is 2.21. The van der Waals surface area contributed by atoms with Gasteiger partial charge >= 0.3 is 0 Å². The third-order valence-corrected chi connectivity index (χ3v) is 5.15. The Morgan fingerprint density at radius 1 is 1.41 bits per heavy atom. The van der Waals surface area contributed by atoms with E-state index in [1.54, 1.807) is 11.3 Å². The van der Waals surface area contributed by atoms with Gasteiger partial charge in [0.15, 0.2) is 0 Å². The van der Waals surface area contributed by atoms with Crippen LogP contribution in [0.15, 0.2) is 45.3 Å². The van der Waals surface area contributed by atoms with E-state index in [1.807, 2.05) is 47.6 Å². The number of nitrogens with one attached hydrogen (secondary N) is 1. The average Bonchev–Trinajstić information content (AvgIpc) is 3.13. The molecule has 0 bridgehead atoms. The molecule has 114 valence electrons. The first-order valence-corrected chi connectivity index (χ1v) is 8.72. The van der Waals surface area contributed by atoms with Crippen molar-refractivity contribution in [3.8, 4) is 0 Å². The quantitative estimate of drug-likeness (QED) is 0.873. The van der Waals surface area contributed by atoms with Gasteiger partial charge in [0.05, 0.1) is 12.2 Å². The van der Waals surface area contributed by atoms with Crippen LogP contribution < -0.4 is 10.3 Å². The van der Waals surface area contributed by atoms with Gasteiger partial charge in [-0.15, -0.1) is 11.3 Å². The van der Waals surface area contributed by atoms with Crippen LogP contribution in [0.25, 0.3) is 0 Å². The summed E-state index contributed by atoms with van der Waals surface area (Å²) in [5, 5.41) is 11.4. The number of carbonyl (C=O) groups is 1. The van der Waals surface area contributed by atoms with Crippen molar-refractivity contribution in [2.75, 3.05) is 11.6 Å². The number of hydrogen-bond acceptors (Lipinski definition) is 4. The standard InChI is InChI=1S/C16H16BrN3OS/c1-11-6-7-20(19-11)14-4-2-12(3-5-14)16(21)18-9-15-8-13(17)10-22-15/h2-5,8,10H,6-7,9H2,1H3,(H,18,21). The highest BCUT2D eigenvalue weighted by molar-refractivity contribution is 9.10. The molecule has 4 nitrogen and oxygen atoms in total. The van der Waals surface area contributed by atoms with Gasteiger partial charge in [-0.2, -0.15) is 5.10 Å². The van der Waals surface area contributed by atoms with E-state index in [0.717, 1.165) is 33.7 Å². The van der Waals surface area contributed by atoms with Crippen LogP contribution in [0, 0.1) is 0 Å². The van der Waals surface area contributed by atoms with Gasteiger partial charge in [-0.25, -0.2) is 0 Å². The number of hydrogen-bond donors (Lipinski definition) is 1. The fraction of sp³-hybridized carbons (Fsp3) is 0.250. The molecule has 0 atom stereocenters. The number of halogens is 1. The number of nitrogens with zero attached hydrogens (tertiary/aromatic N) is 2. The van der Waals surface area contributed by atoms with Crippen molar-refractivity contribution in [3.05, 3.63) is 50.6 Å². The molecule has 1 N–H and O–H groups in total. The lowest BCUT2D eigenvalue weighted by atomic mass is 10.2. The van der Waals surface area contributed by atoms with Crippen LogP contribution in [0.2, 0.25) is 0 Å². The zero-order valence-electron chi connectivity index (χ0n) is 12.2. The Hall–Kier alpha value is -1.66. The van der Waals surface area contributed by atoms with Crippen LogP contribution in [0.4, 0.5) is 5.69 Å². The van der Waals surface area contributed by atoms with Gasteiger partial charge in [-0.05, 0) is 53.2 Å². The van der Waals surface area contributed by atoms with Crippen LogP contribution in [0.1, 0.15) is 28.6 Å². The van der Waals surface area contributed by atoms with Crippen molar-refractivity contribution < 1.29 is 4.79 Å². The minimum absolute atomic E-state index is 0.0582. The van der Waals surface area contributed by atoms with Crippen LogP contribution in [0.5, 0.6) is 0 Å². The maximum absolute atomic E-state index is 12.2. The third kappa shape index (κ3) is 3.56. The van der Waals surface area contributed by atoms with E-state index in [9.17, 15) is 4.79 Å². The van der Waals surface area contributed by atoms with E-state index >= 15 is 0 Å². The summed E-state index contributed by atoms with van der Waals surface area (Å²) in [7, 11) is 0. The monoisotopic (exact) mass is 377 g/mol. The van der Waals surface area contributed by atoms with Crippen LogP contribution in [-0.4, -0.2) is 18.2 Å². The number of thiophene rings is 1. The van der Waals surface area contributed by atoms with Gasteiger partial charge in [-0.1, -0.05) is 0 Å². The largest absolute Gasteiger partial charge is 0.347 e. The zero-order chi connectivity index (χ0) is 15.5. The summed E-state index contributed by atoms with van der Waals surface area (Å²) in [6, 6.07) is 9.59. The summed E-state index contributed by atoms with van der Waals surface area (Å²) in [6.07, 6.45) is 0.999. The number of amides is 1. The molecule has 2 heterocycles. The lowest BCUT2D eigenvalue weighted by Crippen LogP contribution is -2.22. The molecule has 0 aliphatic carbocycles. The van der Waals surface area contributed by atoms with Crippen molar-refractivity contribution >= 4 is 44.6 Å². The minimum atomic E-state index is -0.0582. The maximum Gasteiger partial charge on any atom is 0.251 e. The Balaban J connectivity index is 1.61. The van der Waals surface area contributed by atoms with Gasteiger partial charge in [0.1, 0.15) is 0 Å². The molecule has 1 aromatic heterocycles. The Labute approximate surface area is 142 Å². The van der Waals surface area contributed by atoms with E-state index in [0.29, 0.717) is 12.1 Å². The smallest absolute Gasteiger partial charge is 0.251 e. The van der Waals surface area contributed by atoms with Crippen LogP contribution in [-0.2, 0) is 6.54 Å². The summed E-state index contributed by atoms with van der Waals surface area (Å²) in [4.78, 5) is 13.3. The minimum Gasteiger partial charge on any atom is -0.347 e. The lowest BCUT2D eigenvalue weighted by Gasteiger charge is -2.13. The van der Waals surface area contributed by atoms with Crippen LogP contribution in [0.3, 0.4) is 0 Å². The fourth-order valence-corrected chi connectivity index (χ4v) is 3.65. The maximum atomic E-state index is 12.2. The molecule has 2 aromatic rings. The molecular formula is C16H16BrN3OS. The normalized spacial score (nSPS) is 14.1. The summed E-state index contributed by atoms with van der Waals surface area (Å²) in [5.41, 5.74) is 2.83. The Morgan fingerprint density at radius 2 is 2.18 bits per heavy atom. The molecule has 6 heteroatoms. The number of benzene rings is 1. The zero-order valence-corrected chi connectivity index (χ0v) is 14.6. The molecule has 0 radical (unpaired) electrons. The number of hydrazone groups is 1. The van der Waals surface area contributed by atoms with Gasteiger partial charge in [-0.3, -0.25) is 9.80 Å². The predicted octanol–water partition coefficient (Wildman–Crippen LogP) is 4.03. The van der Waals surface area contributed by atoms with E-state index in [-0.39, 0.29) is 5.91 Å². The second kappa shape index (κ2) is 6.62. The summed E-state index contributed by atoms with van der Waals surface area (Å²) in [5.74, 6) is -0.0582. The average molecular weight is 378 g/mol.